The van der Waals surface area contributed by atoms with Crippen molar-refractivity contribution >= 4 is 23.4 Å². The van der Waals surface area contributed by atoms with E-state index in [2.05, 4.69) is 4.98 Å². The van der Waals surface area contributed by atoms with Crippen LogP contribution in [0.4, 0.5) is 0 Å². The van der Waals surface area contributed by atoms with Crippen LogP contribution in [0.1, 0.15) is 43.0 Å². The summed E-state index contributed by atoms with van der Waals surface area (Å²) in [4.78, 5) is 26.7. The number of esters is 1. The Morgan fingerprint density at radius 3 is 2.72 bits per heavy atom. The molecule has 0 aliphatic heterocycles. The number of Topliss-reactive ketones (excluding diaryl/α,β-unsaturated/α-hetero) is 1. The fourth-order valence-corrected chi connectivity index (χ4v) is 1.74. The Morgan fingerprint density at radius 1 is 1.33 bits per heavy atom. The Kier molecular flexibility index (Phi) is 6.36. The molecule has 0 fully saturated rings. The van der Waals surface area contributed by atoms with Crippen LogP contribution in [0.15, 0.2) is 18.3 Å². The van der Waals surface area contributed by atoms with Crippen LogP contribution in [0.5, 0.6) is 0 Å². The van der Waals surface area contributed by atoms with Crippen molar-refractivity contribution in [3.05, 3.63) is 29.0 Å². The van der Waals surface area contributed by atoms with Crippen LogP contribution in [0.2, 0.25) is 5.15 Å². The van der Waals surface area contributed by atoms with E-state index in [9.17, 15) is 9.59 Å². The first-order valence-corrected chi connectivity index (χ1v) is 6.32. The number of carbonyl (C=O) groups excluding carboxylic acids is 2. The summed E-state index contributed by atoms with van der Waals surface area (Å²) in [5.74, 6) is -0.263. The third kappa shape index (κ3) is 4.84. The second-order valence-corrected chi connectivity index (χ2v) is 4.14. The van der Waals surface area contributed by atoms with Crippen molar-refractivity contribution in [1.29, 1.82) is 0 Å². The lowest BCUT2D eigenvalue weighted by Crippen LogP contribution is -2.05. The Bertz CT molecular complexity index is 420. The van der Waals surface area contributed by atoms with Gasteiger partial charge in [-0.1, -0.05) is 11.6 Å². The number of aromatic nitrogens is 1. The average Bonchev–Trinajstić information content (AvgIpc) is 2.35. The van der Waals surface area contributed by atoms with Crippen LogP contribution in [-0.2, 0) is 9.53 Å². The van der Waals surface area contributed by atoms with Crippen molar-refractivity contribution in [3.63, 3.8) is 0 Å². The Balaban J connectivity index is 2.30. The van der Waals surface area contributed by atoms with E-state index in [1.54, 1.807) is 25.3 Å². The van der Waals surface area contributed by atoms with Gasteiger partial charge in [-0.15, -0.1) is 0 Å². The van der Waals surface area contributed by atoms with E-state index in [1.807, 2.05) is 0 Å². The first-order chi connectivity index (χ1) is 8.65. The lowest BCUT2D eigenvalue weighted by molar-refractivity contribution is -0.143. The smallest absolute Gasteiger partial charge is 0.305 e. The molecule has 0 aliphatic carbocycles. The van der Waals surface area contributed by atoms with E-state index in [0.717, 1.165) is 0 Å². The monoisotopic (exact) mass is 269 g/mol. The van der Waals surface area contributed by atoms with Gasteiger partial charge in [0.25, 0.3) is 0 Å². The molecule has 18 heavy (non-hydrogen) atoms. The normalized spacial score (nSPS) is 10.1. The van der Waals surface area contributed by atoms with Crippen LogP contribution < -0.4 is 0 Å². The summed E-state index contributed by atoms with van der Waals surface area (Å²) in [6.45, 7) is 2.16. The number of ether oxygens (including phenoxy) is 1. The second kappa shape index (κ2) is 7.82. The standard InChI is InChI=1S/C13H16ClNO3/c1-2-18-12(17)8-4-3-7-11(16)10-6-5-9-15-13(10)14/h5-6,9H,2-4,7-8H2,1H3. The topological polar surface area (TPSA) is 56.3 Å². The molecule has 1 rings (SSSR count). The Labute approximate surface area is 111 Å². The van der Waals surface area contributed by atoms with Crippen molar-refractivity contribution in [2.75, 3.05) is 6.61 Å². The number of pyridine rings is 1. The highest BCUT2D eigenvalue weighted by molar-refractivity contribution is 6.32. The van der Waals surface area contributed by atoms with E-state index in [1.165, 1.54) is 0 Å². The molecular formula is C13H16ClNO3. The molecule has 98 valence electrons. The molecule has 0 unspecified atom stereocenters. The minimum absolute atomic E-state index is 0.0445. The molecule has 0 atom stereocenters. The van der Waals surface area contributed by atoms with Crippen molar-refractivity contribution in [2.45, 2.75) is 32.6 Å². The van der Waals surface area contributed by atoms with Gasteiger partial charge in [0.2, 0.25) is 0 Å². The number of halogens is 1. The van der Waals surface area contributed by atoms with E-state index >= 15 is 0 Å². The van der Waals surface area contributed by atoms with Crippen LogP contribution >= 0.6 is 11.6 Å². The molecule has 1 aromatic heterocycles. The summed E-state index contributed by atoms with van der Waals surface area (Å²) in [6, 6.07) is 3.33. The molecule has 0 N–H and O–H groups in total. The highest BCUT2D eigenvalue weighted by Crippen LogP contribution is 2.15. The van der Waals surface area contributed by atoms with Gasteiger partial charge < -0.3 is 4.74 Å². The minimum Gasteiger partial charge on any atom is -0.466 e. The largest absolute Gasteiger partial charge is 0.466 e. The number of nitrogens with zero attached hydrogens (tertiary/aromatic N) is 1. The molecule has 4 nitrogen and oxygen atoms in total. The number of ketones is 1. The van der Waals surface area contributed by atoms with Crippen LogP contribution in [0.3, 0.4) is 0 Å². The quantitative estimate of drug-likeness (QED) is 0.330. The van der Waals surface area contributed by atoms with Gasteiger partial charge in [0, 0.05) is 19.0 Å². The molecule has 0 amide bonds. The van der Waals surface area contributed by atoms with Crippen LogP contribution in [0.25, 0.3) is 0 Å². The summed E-state index contributed by atoms with van der Waals surface area (Å²) < 4.78 is 4.80. The van der Waals surface area contributed by atoms with Crippen molar-refractivity contribution in [1.82, 2.24) is 4.98 Å². The highest BCUT2D eigenvalue weighted by Gasteiger charge is 2.10. The molecule has 5 heteroatoms. The van der Waals surface area contributed by atoms with Gasteiger partial charge in [-0.25, -0.2) is 4.98 Å². The summed E-state index contributed by atoms with van der Waals surface area (Å²) in [6.07, 6.45) is 3.54. The molecule has 0 saturated carbocycles. The van der Waals surface area contributed by atoms with Gasteiger partial charge >= 0.3 is 5.97 Å². The Hall–Kier alpha value is -1.42. The summed E-state index contributed by atoms with van der Waals surface area (Å²) >= 11 is 5.82. The maximum absolute atomic E-state index is 11.8. The molecule has 0 radical (unpaired) electrons. The molecule has 0 aliphatic rings. The molecule has 0 bridgehead atoms. The molecule has 0 saturated heterocycles. The predicted octanol–water partition coefficient (Wildman–Crippen LogP) is 3.04. The van der Waals surface area contributed by atoms with Crippen LogP contribution in [-0.4, -0.2) is 23.3 Å². The van der Waals surface area contributed by atoms with Gasteiger partial charge in [-0.05, 0) is 31.9 Å². The lowest BCUT2D eigenvalue weighted by atomic mass is 10.1. The van der Waals surface area contributed by atoms with E-state index in [4.69, 9.17) is 16.3 Å². The number of hydrogen-bond donors (Lipinski definition) is 0. The minimum atomic E-state index is -0.218. The van der Waals surface area contributed by atoms with Gasteiger partial charge in [0.1, 0.15) is 5.15 Å². The number of carbonyl (C=O) groups is 2. The van der Waals surface area contributed by atoms with Gasteiger partial charge in [-0.2, -0.15) is 0 Å². The maximum Gasteiger partial charge on any atom is 0.305 e. The second-order valence-electron chi connectivity index (χ2n) is 3.78. The summed E-state index contributed by atoms with van der Waals surface area (Å²) in [5.41, 5.74) is 0.440. The van der Waals surface area contributed by atoms with Gasteiger partial charge in [-0.3, -0.25) is 9.59 Å². The van der Waals surface area contributed by atoms with Crippen molar-refractivity contribution in [2.24, 2.45) is 0 Å². The number of rotatable bonds is 7. The fraction of sp³-hybridized carbons (Fsp3) is 0.462. The molecule has 1 aromatic rings. The summed E-state index contributed by atoms with van der Waals surface area (Å²) in [5, 5.41) is 0.230. The first-order valence-electron chi connectivity index (χ1n) is 5.94. The first kappa shape index (κ1) is 14.6. The molecule has 1 heterocycles. The van der Waals surface area contributed by atoms with Crippen LogP contribution in [0, 0.1) is 0 Å². The van der Waals surface area contributed by atoms with Crippen molar-refractivity contribution < 1.29 is 14.3 Å². The van der Waals surface area contributed by atoms with Gasteiger partial charge in [0.05, 0.1) is 12.2 Å². The maximum atomic E-state index is 11.8. The SMILES string of the molecule is CCOC(=O)CCCCC(=O)c1cccnc1Cl. The van der Waals surface area contributed by atoms with E-state index < -0.39 is 0 Å². The zero-order chi connectivity index (χ0) is 13.4. The summed E-state index contributed by atoms with van der Waals surface area (Å²) in [7, 11) is 0. The van der Waals surface area contributed by atoms with E-state index in [-0.39, 0.29) is 16.9 Å². The lowest BCUT2D eigenvalue weighted by Gasteiger charge is -2.03. The van der Waals surface area contributed by atoms with Gasteiger partial charge in [0.15, 0.2) is 5.78 Å². The molecule has 0 spiro atoms. The highest BCUT2D eigenvalue weighted by atomic mass is 35.5. The van der Waals surface area contributed by atoms with Crippen molar-refractivity contribution in [3.8, 4) is 0 Å². The third-order valence-electron chi connectivity index (χ3n) is 2.40. The Morgan fingerprint density at radius 2 is 2.06 bits per heavy atom. The molecular weight excluding hydrogens is 254 g/mol. The predicted molar refractivity (Wildman–Crippen MR) is 68.7 cm³/mol. The molecule has 0 aromatic carbocycles. The van der Waals surface area contributed by atoms with E-state index in [0.29, 0.717) is 37.9 Å². The third-order valence-corrected chi connectivity index (χ3v) is 2.70. The zero-order valence-corrected chi connectivity index (χ0v) is 11.1. The average molecular weight is 270 g/mol. The fourth-order valence-electron chi connectivity index (χ4n) is 1.52. The number of unbranched alkanes of at least 4 members (excludes halogenated alkanes) is 1. The number of hydrogen-bond acceptors (Lipinski definition) is 4. The zero-order valence-electron chi connectivity index (χ0n) is 10.3.